The van der Waals surface area contributed by atoms with Gasteiger partial charge in [0, 0.05) is 11.9 Å². The van der Waals surface area contributed by atoms with Gasteiger partial charge in [-0.05, 0) is 61.0 Å². The topological polar surface area (TPSA) is 77.7 Å². The van der Waals surface area contributed by atoms with Crippen LogP contribution in [-0.2, 0) is 16.6 Å². The number of carbonyl (C=O) groups is 1. The first-order valence-electron chi connectivity index (χ1n) is 9.50. The molecule has 0 aliphatic heterocycles. The number of thiazole rings is 1. The molecule has 4 rings (SSSR count). The van der Waals surface area contributed by atoms with Gasteiger partial charge in [0.15, 0.2) is 0 Å². The molecule has 0 aliphatic carbocycles. The Labute approximate surface area is 198 Å². The number of hydrogen-bond acceptors (Lipinski definition) is 6. The third-order valence-corrected chi connectivity index (χ3v) is 8.43. The second kappa shape index (κ2) is 9.41. The van der Waals surface area contributed by atoms with E-state index in [1.54, 1.807) is 36.4 Å². The van der Waals surface area contributed by atoms with Gasteiger partial charge in [0.1, 0.15) is 9.96 Å². The normalized spacial score (nSPS) is 12.1. The number of aromatic nitrogens is 1. The Kier molecular flexibility index (Phi) is 6.61. The summed E-state index contributed by atoms with van der Waals surface area (Å²) in [5.41, 5.74) is 2.13. The van der Waals surface area contributed by atoms with Crippen LogP contribution in [-0.4, -0.2) is 19.0 Å². The molecule has 0 amide bonds. The molecule has 2 heterocycles. The number of halogens is 1. The summed E-state index contributed by atoms with van der Waals surface area (Å²) in [5.74, 6) is -0.0135. The number of rotatable bonds is 6. The highest BCUT2D eigenvalue weighted by Crippen LogP contribution is 2.27. The second-order valence-electron chi connectivity index (χ2n) is 6.55. The fourth-order valence-electron chi connectivity index (χ4n) is 2.96. The van der Waals surface area contributed by atoms with Crippen LogP contribution < -0.4 is 9.54 Å². The number of esters is 1. The SMILES string of the molecule is CCn1c(-c2ccc(OC(=O)c3ccccc3)cc2)csc1=NS(=O)(=O)c1ccc(Cl)s1. The molecule has 0 saturated carbocycles. The standard InChI is InChI=1S/C22H17ClN2O4S3/c1-2-25-18(14-30-22(25)24-32(27,28)20-13-12-19(23)31-20)15-8-10-17(11-9-15)29-21(26)16-6-4-3-5-7-16/h3-14H,2H2,1H3. The summed E-state index contributed by atoms with van der Waals surface area (Å²) in [5, 5.41) is 1.85. The predicted molar refractivity (Wildman–Crippen MR) is 127 cm³/mol. The lowest BCUT2D eigenvalue weighted by atomic mass is 10.1. The lowest BCUT2D eigenvalue weighted by Gasteiger charge is -2.08. The molecule has 0 unspecified atom stereocenters. The van der Waals surface area contributed by atoms with Crippen molar-refractivity contribution in [2.45, 2.75) is 17.7 Å². The molecular weight excluding hydrogens is 488 g/mol. The molecule has 4 aromatic rings. The van der Waals surface area contributed by atoms with E-state index in [4.69, 9.17) is 16.3 Å². The van der Waals surface area contributed by atoms with Crippen LogP contribution >= 0.6 is 34.3 Å². The molecule has 2 aromatic heterocycles. The minimum atomic E-state index is -3.85. The van der Waals surface area contributed by atoms with Crippen molar-refractivity contribution in [3.63, 3.8) is 0 Å². The van der Waals surface area contributed by atoms with Crippen LogP contribution in [0.1, 0.15) is 17.3 Å². The highest BCUT2D eigenvalue weighted by atomic mass is 35.5. The van der Waals surface area contributed by atoms with Gasteiger partial charge in [-0.2, -0.15) is 8.42 Å². The first kappa shape index (κ1) is 22.5. The van der Waals surface area contributed by atoms with Crippen molar-refractivity contribution in [2.24, 2.45) is 4.40 Å². The molecule has 0 spiro atoms. The number of sulfonamides is 1. The Morgan fingerprint density at radius 3 is 2.41 bits per heavy atom. The molecule has 0 saturated heterocycles. The van der Waals surface area contributed by atoms with E-state index >= 15 is 0 Å². The van der Waals surface area contributed by atoms with Gasteiger partial charge in [-0.3, -0.25) is 0 Å². The van der Waals surface area contributed by atoms with E-state index in [-0.39, 0.29) is 4.21 Å². The Morgan fingerprint density at radius 1 is 1.06 bits per heavy atom. The van der Waals surface area contributed by atoms with Crippen LogP contribution in [0.25, 0.3) is 11.3 Å². The summed E-state index contributed by atoms with van der Waals surface area (Å²) < 4.78 is 37.0. The molecule has 10 heteroatoms. The number of thiophene rings is 1. The summed E-state index contributed by atoms with van der Waals surface area (Å²) >= 11 is 8.08. The maximum absolute atomic E-state index is 12.6. The number of benzene rings is 2. The van der Waals surface area contributed by atoms with E-state index in [9.17, 15) is 13.2 Å². The summed E-state index contributed by atoms with van der Waals surface area (Å²) in [7, 11) is -3.85. The van der Waals surface area contributed by atoms with Crippen molar-refractivity contribution in [1.29, 1.82) is 0 Å². The van der Waals surface area contributed by atoms with Gasteiger partial charge in [-0.15, -0.1) is 27.1 Å². The minimum absolute atomic E-state index is 0.102. The van der Waals surface area contributed by atoms with Crippen molar-refractivity contribution >= 4 is 50.3 Å². The van der Waals surface area contributed by atoms with E-state index < -0.39 is 16.0 Å². The van der Waals surface area contributed by atoms with E-state index in [0.29, 0.717) is 27.0 Å². The van der Waals surface area contributed by atoms with Gasteiger partial charge in [-0.1, -0.05) is 29.8 Å². The van der Waals surface area contributed by atoms with Crippen molar-refractivity contribution < 1.29 is 17.9 Å². The van der Waals surface area contributed by atoms with Gasteiger partial charge >= 0.3 is 5.97 Å². The molecule has 0 atom stereocenters. The molecule has 0 fully saturated rings. The third kappa shape index (κ3) is 4.86. The molecule has 164 valence electrons. The average Bonchev–Trinajstić information content (AvgIpc) is 3.41. The van der Waals surface area contributed by atoms with Crippen LogP contribution in [0.2, 0.25) is 4.34 Å². The van der Waals surface area contributed by atoms with Crippen molar-refractivity contribution in [1.82, 2.24) is 4.57 Å². The third-order valence-electron chi connectivity index (χ3n) is 4.49. The fraction of sp³-hybridized carbons (Fsp3) is 0.0909. The molecule has 0 aliphatic rings. The first-order valence-corrected chi connectivity index (χ1v) is 13.0. The van der Waals surface area contributed by atoms with Crippen LogP contribution in [0.15, 0.2) is 80.7 Å². The first-order chi connectivity index (χ1) is 15.4. The summed E-state index contributed by atoms with van der Waals surface area (Å²) in [4.78, 5) is 12.6. The van der Waals surface area contributed by atoms with Crippen molar-refractivity contribution in [2.75, 3.05) is 0 Å². The smallest absolute Gasteiger partial charge is 0.343 e. The van der Waals surface area contributed by atoms with Gasteiger partial charge in [0.25, 0.3) is 10.0 Å². The summed E-state index contributed by atoms with van der Waals surface area (Å²) in [6, 6.07) is 18.8. The zero-order valence-electron chi connectivity index (χ0n) is 16.8. The summed E-state index contributed by atoms with van der Waals surface area (Å²) in [6.07, 6.45) is 0. The van der Waals surface area contributed by atoms with Gasteiger partial charge in [-0.25, -0.2) is 4.79 Å². The average molecular weight is 505 g/mol. The Hall–Kier alpha value is -2.72. The van der Waals surface area contributed by atoms with E-state index in [1.165, 1.54) is 23.5 Å². The molecule has 0 N–H and O–H groups in total. The molecule has 32 heavy (non-hydrogen) atoms. The fourth-order valence-corrected chi connectivity index (χ4v) is 6.61. The van der Waals surface area contributed by atoms with Gasteiger partial charge in [0.2, 0.25) is 4.80 Å². The quantitative estimate of drug-likeness (QED) is 0.258. The molecule has 0 bridgehead atoms. The molecular formula is C22H17ClN2O4S3. The maximum atomic E-state index is 12.6. The maximum Gasteiger partial charge on any atom is 0.343 e. The van der Waals surface area contributed by atoms with Crippen molar-refractivity contribution in [3.8, 4) is 17.0 Å². The lowest BCUT2D eigenvalue weighted by Crippen LogP contribution is -2.17. The Morgan fingerprint density at radius 2 is 1.78 bits per heavy atom. The van der Waals surface area contributed by atoms with Crippen LogP contribution in [0, 0.1) is 0 Å². The largest absolute Gasteiger partial charge is 0.423 e. The lowest BCUT2D eigenvalue weighted by molar-refractivity contribution is 0.0735. The highest BCUT2D eigenvalue weighted by molar-refractivity contribution is 7.92. The monoisotopic (exact) mass is 504 g/mol. The zero-order chi connectivity index (χ0) is 22.7. The Balaban J connectivity index is 1.61. The number of ether oxygens (including phenoxy) is 1. The van der Waals surface area contributed by atoms with E-state index in [1.807, 2.05) is 35.1 Å². The van der Waals surface area contributed by atoms with Gasteiger partial charge < -0.3 is 9.30 Å². The highest BCUT2D eigenvalue weighted by Gasteiger charge is 2.17. The molecule has 6 nitrogen and oxygen atoms in total. The van der Waals surface area contributed by atoms with Crippen LogP contribution in [0.4, 0.5) is 0 Å². The zero-order valence-corrected chi connectivity index (χ0v) is 20.0. The summed E-state index contributed by atoms with van der Waals surface area (Å²) in [6.45, 7) is 2.45. The van der Waals surface area contributed by atoms with Crippen LogP contribution in [0.5, 0.6) is 5.75 Å². The predicted octanol–water partition coefficient (Wildman–Crippen LogP) is 5.46. The number of nitrogens with zero attached hydrogens (tertiary/aromatic N) is 2. The molecule has 0 radical (unpaired) electrons. The van der Waals surface area contributed by atoms with E-state index in [0.717, 1.165) is 22.6 Å². The minimum Gasteiger partial charge on any atom is -0.423 e. The van der Waals surface area contributed by atoms with E-state index in [2.05, 4.69) is 4.40 Å². The van der Waals surface area contributed by atoms with Crippen LogP contribution in [0.3, 0.4) is 0 Å². The number of hydrogen-bond donors (Lipinski definition) is 0. The Bertz CT molecular complexity index is 1420. The van der Waals surface area contributed by atoms with Gasteiger partial charge in [0.05, 0.1) is 15.6 Å². The number of carbonyl (C=O) groups excluding carboxylic acids is 1. The molecule has 2 aromatic carbocycles. The van der Waals surface area contributed by atoms with Crippen molar-refractivity contribution in [3.05, 3.63) is 86.8 Å². The second-order valence-corrected chi connectivity index (χ2v) is 10.9.